The summed E-state index contributed by atoms with van der Waals surface area (Å²) in [5, 5.41) is 6.87. The topological polar surface area (TPSA) is 43.2 Å². The van der Waals surface area contributed by atoms with Crippen molar-refractivity contribution in [3.05, 3.63) is 0 Å². The Hall–Kier alpha value is -0.570. The van der Waals surface area contributed by atoms with E-state index in [0.717, 1.165) is 19.5 Å². The third-order valence-electron chi connectivity index (χ3n) is 1.45. The number of nitrogens with zero attached hydrogens (tertiary/aromatic N) is 1. The Morgan fingerprint density at radius 3 is 3.11 bits per heavy atom. The Kier molecular flexibility index (Phi) is 2.05. The summed E-state index contributed by atoms with van der Waals surface area (Å²) in [6.07, 6.45) is 0.825. The minimum absolute atomic E-state index is 0.0706. The van der Waals surface area contributed by atoms with E-state index in [1.807, 2.05) is 6.92 Å². The van der Waals surface area contributed by atoms with Crippen molar-refractivity contribution in [3.8, 4) is 0 Å². The van der Waals surface area contributed by atoms with Gasteiger partial charge in [-0.05, 0) is 6.42 Å². The normalized spacial score (nSPS) is 27.7. The van der Waals surface area contributed by atoms with Gasteiger partial charge in [0, 0.05) is 13.1 Å². The van der Waals surface area contributed by atoms with E-state index in [0.29, 0.717) is 0 Å². The second-order valence-electron chi connectivity index (χ2n) is 2.12. The maximum Gasteiger partial charge on any atom is 0.238 e. The van der Waals surface area contributed by atoms with E-state index >= 15 is 0 Å². The van der Waals surface area contributed by atoms with Crippen LogP contribution in [0.2, 0.25) is 0 Å². The zero-order chi connectivity index (χ0) is 6.69. The van der Waals surface area contributed by atoms with E-state index in [-0.39, 0.29) is 11.9 Å². The predicted molar refractivity (Wildman–Crippen MR) is 34.1 cm³/mol. The number of hydrogen-bond donors (Lipinski definition) is 1. The van der Waals surface area contributed by atoms with Gasteiger partial charge in [-0.15, -0.1) is 0 Å². The number of nitrogens with one attached hydrogen (secondary N) is 1. The van der Waals surface area contributed by atoms with Gasteiger partial charge in [-0.3, -0.25) is 4.79 Å². The van der Waals surface area contributed by atoms with Gasteiger partial charge in [0.25, 0.3) is 0 Å². The lowest BCUT2D eigenvalue weighted by Gasteiger charge is -2.19. The molecule has 51 valence electrons. The highest BCUT2D eigenvalue weighted by atomic mass is 16.2. The fourth-order valence-corrected chi connectivity index (χ4v) is 0.915. The molecule has 0 aromatic carbocycles. The van der Waals surface area contributed by atoms with Crippen molar-refractivity contribution < 1.29 is 4.79 Å². The molecule has 0 bridgehead atoms. The first-order valence-corrected chi connectivity index (χ1v) is 3.29. The maximum atomic E-state index is 10.8. The summed E-state index contributed by atoms with van der Waals surface area (Å²) in [5.41, 5.74) is 0. The molecule has 0 saturated carbocycles. The number of carbonyl (C=O) groups excluding carboxylic acids is 1. The van der Waals surface area contributed by atoms with Gasteiger partial charge in [0.1, 0.15) is 6.04 Å². The minimum atomic E-state index is -0.0706. The van der Waals surface area contributed by atoms with Crippen molar-refractivity contribution in [2.75, 3.05) is 13.1 Å². The SMILES string of the molecule is CCC1[N]CCNC1=O. The van der Waals surface area contributed by atoms with Crippen LogP contribution in [-0.2, 0) is 4.79 Å². The minimum Gasteiger partial charge on any atom is -0.353 e. The van der Waals surface area contributed by atoms with Gasteiger partial charge in [0.15, 0.2) is 0 Å². The van der Waals surface area contributed by atoms with Crippen LogP contribution in [0.5, 0.6) is 0 Å². The molecule has 3 heteroatoms. The third-order valence-corrected chi connectivity index (χ3v) is 1.45. The predicted octanol–water partition coefficient (Wildman–Crippen LogP) is -0.501. The first-order chi connectivity index (χ1) is 4.34. The molecule has 9 heavy (non-hydrogen) atoms. The molecule has 0 spiro atoms. The highest BCUT2D eigenvalue weighted by Crippen LogP contribution is 1.95. The van der Waals surface area contributed by atoms with Gasteiger partial charge in [-0.1, -0.05) is 6.92 Å². The Morgan fingerprint density at radius 1 is 1.89 bits per heavy atom. The van der Waals surface area contributed by atoms with Crippen molar-refractivity contribution in [3.63, 3.8) is 0 Å². The monoisotopic (exact) mass is 127 g/mol. The van der Waals surface area contributed by atoms with Crippen LogP contribution >= 0.6 is 0 Å². The molecule has 1 radical (unpaired) electrons. The average Bonchev–Trinajstić information content (AvgIpc) is 1.89. The van der Waals surface area contributed by atoms with Gasteiger partial charge in [0.2, 0.25) is 5.91 Å². The fourth-order valence-electron chi connectivity index (χ4n) is 0.915. The summed E-state index contributed by atoms with van der Waals surface area (Å²) in [5.74, 6) is 0.0868. The Bertz CT molecular complexity index is 114. The molecule has 1 rings (SSSR count). The zero-order valence-electron chi connectivity index (χ0n) is 5.55. The molecular formula is C6H11N2O. The van der Waals surface area contributed by atoms with E-state index in [9.17, 15) is 4.79 Å². The van der Waals surface area contributed by atoms with Crippen LogP contribution in [0.15, 0.2) is 0 Å². The van der Waals surface area contributed by atoms with Gasteiger partial charge in [0.05, 0.1) is 0 Å². The van der Waals surface area contributed by atoms with Crippen LogP contribution in [0.25, 0.3) is 0 Å². The van der Waals surface area contributed by atoms with Crippen LogP contribution in [-0.4, -0.2) is 25.0 Å². The molecule has 1 saturated heterocycles. The molecule has 1 aliphatic heterocycles. The highest BCUT2D eigenvalue weighted by molar-refractivity contribution is 5.82. The number of carbonyl (C=O) groups is 1. The summed E-state index contributed by atoms with van der Waals surface area (Å²) in [4.78, 5) is 10.8. The van der Waals surface area contributed by atoms with Crippen molar-refractivity contribution in [2.45, 2.75) is 19.4 Å². The van der Waals surface area contributed by atoms with E-state index in [1.165, 1.54) is 0 Å². The lowest BCUT2D eigenvalue weighted by atomic mass is 10.2. The van der Waals surface area contributed by atoms with Crippen LogP contribution in [0.1, 0.15) is 13.3 Å². The van der Waals surface area contributed by atoms with Gasteiger partial charge >= 0.3 is 0 Å². The number of piperazine rings is 1. The van der Waals surface area contributed by atoms with Gasteiger partial charge in [-0.25, -0.2) is 5.32 Å². The molecule has 1 unspecified atom stereocenters. The van der Waals surface area contributed by atoms with Crippen molar-refractivity contribution in [1.82, 2.24) is 10.6 Å². The molecule has 0 aliphatic carbocycles. The van der Waals surface area contributed by atoms with Gasteiger partial charge in [-0.2, -0.15) is 0 Å². The summed E-state index contributed by atoms with van der Waals surface area (Å²) in [6, 6.07) is -0.0706. The standard InChI is InChI=1S/C6H11N2O/c1-2-5-6(9)8-4-3-7-5/h5H,2-4H2,1H3,(H,8,9). The lowest BCUT2D eigenvalue weighted by Crippen LogP contribution is -2.48. The van der Waals surface area contributed by atoms with Crippen molar-refractivity contribution >= 4 is 5.91 Å². The van der Waals surface area contributed by atoms with Crippen molar-refractivity contribution in [1.29, 1.82) is 0 Å². The summed E-state index contributed by atoms with van der Waals surface area (Å²) < 4.78 is 0. The summed E-state index contributed by atoms with van der Waals surface area (Å²) in [6.45, 7) is 3.47. The van der Waals surface area contributed by atoms with Crippen LogP contribution in [0.3, 0.4) is 0 Å². The van der Waals surface area contributed by atoms with E-state index < -0.39 is 0 Å². The maximum absolute atomic E-state index is 10.8. The number of rotatable bonds is 1. The second-order valence-corrected chi connectivity index (χ2v) is 2.12. The Labute approximate surface area is 54.8 Å². The van der Waals surface area contributed by atoms with Gasteiger partial charge < -0.3 is 5.32 Å². The Morgan fingerprint density at radius 2 is 2.67 bits per heavy atom. The van der Waals surface area contributed by atoms with Crippen LogP contribution in [0.4, 0.5) is 0 Å². The highest BCUT2D eigenvalue weighted by Gasteiger charge is 2.19. The first-order valence-electron chi connectivity index (χ1n) is 3.29. The molecular weight excluding hydrogens is 116 g/mol. The largest absolute Gasteiger partial charge is 0.353 e. The van der Waals surface area contributed by atoms with Crippen LogP contribution < -0.4 is 10.6 Å². The molecule has 0 aromatic heterocycles. The van der Waals surface area contributed by atoms with E-state index in [2.05, 4.69) is 10.6 Å². The van der Waals surface area contributed by atoms with Crippen LogP contribution in [0, 0.1) is 0 Å². The number of amides is 1. The van der Waals surface area contributed by atoms with E-state index in [1.54, 1.807) is 0 Å². The summed E-state index contributed by atoms with van der Waals surface area (Å²) in [7, 11) is 0. The molecule has 1 atom stereocenters. The molecule has 1 N–H and O–H groups in total. The molecule has 0 aromatic rings. The summed E-state index contributed by atoms with van der Waals surface area (Å²) >= 11 is 0. The van der Waals surface area contributed by atoms with E-state index in [4.69, 9.17) is 0 Å². The first kappa shape index (κ1) is 6.55. The second kappa shape index (κ2) is 2.82. The molecule has 1 fully saturated rings. The molecule has 1 amide bonds. The third kappa shape index (κ3) is 1.42. The van der Waals surface area contributed by atoms with Crippen molar-refractivity contribution in [2.24, 2.45) is 0 Å². The quantitative estimate of drug-likeness (QED) is 0.507. The Balaban J connectivity index is 2.39. The zero-order valence-corrected chi connectivity index (χ0v) is 5.55. The molecule has 3 nitrogen and oxygen atoms in total. The molecule has 1 heterocycles. The smallest absolute Gasteiger partial charge is 0.238 e. The molecule has 1 aliphatic rings. The fraction of sp³-hybridized carbons (Fsp3) is 0.833. The average molecular weight is 127 g/mol. The number of hydrogen-bond acceptors (Lipinski definition) is 1. The lowest BCUT2D eigenvalue weighted by molar-refractivity contribution is -0.124.